The Morgan fingerprint density at radius 1 is 1.13 bits per heavy atom. The van der Waals surface area contributed by atoms with Gasteiger partial charge in [-0.1, -0.05) is 41.7 Å². The van der Waals surface area contributed by atoms with E-state index in [0.717, 1.165) is 0 Å². The molecule has 0 unspecified atom stereocenters. The molecule has 0 fully saturated rings. The zero-order valence-corrected chi connectivity index (χ0v) is 17.6. The Hall–Kier alpha value is -4.03. The molecule has 0 aliphatic heterocycles. The Balaban J connectivity index is 2.12. The van der Waals surface area contributed by atoms with E-state index in [4.69, 9.17) is 9.47 Å². The van der Waals surface area contributed by atoms with Crippen molar-refractivity contribution < 1.29 is 19.1 Å². The van der Waals surface area contributed by atoms with E-state index in [1.165, 1.54) is 35.7 Å². The summed E-state index contributed by atoms with van der Waals surface area (Å²) in [6.45, 7) is 4.10. The maximum Gasteiger partial charge on any atom is 0.308 e. The van der Waals surface area contributed by atoms with Crippen molar-refractivity contribution in [2.45, 2.75) is 20.8 Å². The number of aromatic nitrogens is 2. The molecular weight excluding hydrogens is 418 g/mol. The van der Waals surface area contributed by atoms with Gasteiger partial charge >= 0.3 is 11.9 Å². The van der Waals surface area contributed by atoms with Crippen LogP contribution in [0.4, 0.5) is 0 Å². The van der Waals surface area contributed by atoms with Crippen LogP contribution in [0.1, 0.15) is 25.0 Å². The number of esters is 2. The predicted molar refractivity (Wildman–Crippen MR) is 114 cm³/mol. The lowest BCUT2D eigenvalue weighted by Crippen LogP contribution is -2.19. The van der Waals surface area contributed by atoms with Crippen LogP contribution in [0.3, 0.4) is 0 Å². The second-order valence-corrected chi connectivity index (χ2v) is 7.71. The molecule has 0 radical (unpaired) electrons. The Bertz CT molecular complexity index is 1480. The molecule has 2 heterocycles. The molecule has 0 atom stereocenters. The van der Waals surface area contributed by atoms with Gasteiger partial charge in [-0.2, -0.15) is 5.26 Å². The first-order valence-corrected chi connectivity index (χ1v) is 9.98. The van der Waals surface area contributed by atoms with Crippen LogP contribution >= 0.6 is 11.3 Å². The number of nitriles is 1. The summed E-state index contributed by atoms with van der Waals surface area (Å²) in [7, 11) is 0. The first-order valence-electron chi connectivity index (χ1n) is 9.17. The highest BCUT2D eigenvalue weighted by atomic mass is 32.1. The first kappa shape index (κ1) is 20.3. The zero-order valence-electron chi connectivity index (χ0n) is 16.8. The summed E-state index contributed by atoms with van der Waals surface area (Å²) < 4.78 is 12.4. The molecular formula is C22H15N3O5S. The number of fused-ring (bicyclic) bond motifs is 3. The largest absolute Gasteiger partial charge is 0.423 e. The minimum Gasteiger partial charge on any atom is -0.423 e. The van der Waals surface area contributed by atoms with Crippen LogP contribution in [0.2, 0.25) is 0 Å². The number of benzene rings is 2. The summed E-state index contributed by atoms with van der Waals surface area (Å²) in [6.07, 6.45) is 0. The van der Waals surface area contributed by atoms with Crippen molar-refractivity contribution in [2.75, 3.05) is 0 Å². The fourth-order valence-electron chi connectivity index (χ4n) is 3.36. The Kier molecular flexibility index (Phi) is 5.01. The van der Waals surface area contributed by atoms with Crippen LogP contribution in [-0.4, -0.2) is 21.3 Å². The number of thiazole rings is 1. The van der Waals surface area contributed by atoms with E-state index in [0.29, 0.717) is 26.3 Å². The predicted octanol–water partition coefficient (Wildman–Crippen LogP) is 3.61. The minimum absolute atomic E-state index is 0.0347. The molecule has 8 nitrogen and oxygen atoms in total. The molecule has 0 aliphatic carbocycles. The Labute approximate surface area is 179 Å². The first-order chi connectivity index (χ1) is 14.8. The minimum atomic E-state index is -0.607. The number of nitrogens with zero attached hydrogens (tertiary/aromatic N) is 3. The Morgan fingerprint density at radius 3 is 2.42 bits per heavy atom. The highest BCUT2D eigenvalue weighted by Gasteiger charge is 2.23. The van der Waals surface area contributed by atoms with Crippen molar-refractivity contribution in [3.63, 3.8) is 0 Å². The van der Waals surface area contributed by atoms with E-state index in [1.807, 2.05) is 12.1 Å². The molecule has 154 valence electrons. The third-order valence-corrected chi connectivity index (χ3v) is 5.54. The number of hydrogen-bond acceptors (Lipinski definition) is 8. The Morgan fingerprint density at radius 2 is 1.81 bits per heavy atom. The molecule has 2 aromatic carbocycles. The quantitative estimate of drug-likeness (QED) is 0.358. The molecule has 9 heteroatoms. The second-order valence-electron chi connectivity index (χ2n) is 6.70. The van der Waals surface area contributed by atoms with E-state index in [9.17, 15) is 19.6 Å². The highest BCUT2D eigenvalue weighted by Crippen LogP contribution is 2.40. The summed E-state index contributed by atoms with van der Waals surface area (Å²) in [5, 5.41) is 9.69. The number of carbonyl (C=O) groups excluding carboxylic acids is 2. The fraction of sp³-hybridized carbons (Fsp3) is 0.136. The molecule has 0 N–H and O–H groups in total. The summed E-state index contributed by atoms with van der Waals surface area (Å²) in [6, 6.07) is 12.5. The van der Waals surface area contributed by atoms with Gasteiger partial charge in [0.15, 0.2) is 16.5 Å². The molecule has 0 spiro atoms. The van der Waals surface area contributed by atoms with Crippen molar-refractivity contribution in [2.24, 2.45) is 0 Å². The van der Waals surface area contributed by atoms with Gasteiger partial charge in [-0.25, -0.2) is 9.38 Å². The van der Waals surface area contributed by atoms with Crippen LogP contribution < -0.4 is 15.0 Å². The van der Waals surface area contributed by atoms with Gasteiger partial charge in [0.1, 0.15) is 11.6 Å². The van der Waals surface area contributed by atoms with Gasteiger partial charge in [0, 0.05) is 31.0 Å². The number of aryl methyl sites for hydroxylation is 1. The van der Waals surface area contributed by atoms with Crippen molar-refractivity contribution in [1.82, 2.24) is 9.38 Å². The maximum absolute atomic E-state index is 13.3. The molecule has 0 bridgehead atoms. The van der Waals surface area contributed by atoms with Crippen LogP contribution in [0.25, 0.3) is 26.4 Å². The second kappa shape index (κ2) is 7.66. The topological polar surface area (TPSA) is 111 Å². The standard InChI is InChI=1S/C22H15N3O5S/c1-11-19-17(9-16(29-12(2)26)20(11)30-13(3)27)31-22-24-18(14-7-5-4-6-8-14)15(10-23)21(28)25(19)22/h4-9H,1-3H3. The summed E-state index contributed by atoms with van der Waals surface area (Å²) >= 11 is 1.20. The zero-order chi connectivity index (χ0) is 22.3. The number of hydrogen-bond donors (Lipinski definition) is 0. The highest BCUT2D eigenvalue weighted by molar-refractivity contribution is 7.23. The van der Waals surface area contributed by atoms with Gasteiger partial charge in [-0.05, 0) is 6.92 Å². The monoisotopic (exact) mass is 433 g/mol. The van der Waals surface area contributed by atoms with Crippen molar-refractivity contribution in [3.05, 3.63) is 57.9 Å². The van der Waals surface area contributed by atoms with Gasteiger partial charge in [0.25, 0.3) is 5.56 Å². The number of rotatable bonds is 3. The molecule has 0 saturated carbocycles. The van der Waals surface area contributed by atoms with Crippen LogP contribution in [0, 0.1) is 18.3 Å². The molecule has 0 amide bonds. The third kappa shape index (κ3) is 3.43. The molecule has 4 rings (SSSR count). The van der Waals surface area contributed by atoms with Crippen LogP contribution in [0.15, 0.2) is 41.2 Å². The maximum atomic E-state index is 13.3. The van der Waals surface area contributed by atoms with Gasteiger partial charge in [-0.15, -0.1) is 0 Å². The van der Waals surface area contributed by atoms with Gasteiger partial charge in [0.05, 0.1) is 15.9 Å². The fourth-order valence-corrected chi connectivity index (χ4v) is 4.46. The average Bonchev–Trinajstić information content (AvgIpc) is 3.09. The van der Waals surface area contributed by atoms with Gasteiger partial charge in [-0.3, -0.25) is 14.4 Å². The molecule has 2 aromatic heterocycles. The molecule has 0 aliphatic rings. The average molecular weight is 433 g/mol. The summed E-state index contributed by atoms with van der Waals surface area (Å²) in [4.78, 5) is 41.4. The number of carbonyl (C=O) groups is 2. The van der Waals surface area contributed by atoms with Crippen LogP contribution in [0.5, 0.6) is 11.5 Å². The van der Waals surface area contributed by atoms with Crippen molar-refractivity contribution in [3.8, 4) is 28.8 Å². The molecule has 0 saturated heterocycles. The van der Waals surface area contributed by atoms with Gasteiger partial charge in [0.2, 0.25) is 0 Å². The SMILES string of the molecule is CC(=O)Oc1cc2sc3nc(-c4ccccc4)c(C#N)c(=O)n3c2c(C)c1OC(C)=O. The summed E-state index contributed by atoms with van der Waals surface area (Å²) in [5.41, 5.74) is 1.15. The van der Waals surface area contributed by atoms with E-state index >= 15 is 0 Å². The van der Waals surface area contributed by atoms with Crippen LogP contribution in [-0.2, 0) is 9.59 Å². The lowest BCUT2D eigenvalue weighted by molar-refractivity contribution is -0.134. The lowest BCUT2D eigenvalue weighted by atomic mass is 10.1. The smallest absolute Gasteiger partial charge is 0.308 e. The number of ether oxygens (including phenoxy) is 2. The third-order valence-electron chi connectivity index (χ3n) is 4.55. The molecule has 4 aromatic rings. The summed E-state index contributed by atoms with van der Waals surface area (Å²) in [5.74, 6) is -1.09. The van der Waals surface area contributed by atoms with E-state index < -0.39 is 17.5 Å². The molecule has 31 heavy (non-hydrogen) atoms. The van der Waals surface area contributed by atoms with Gasteiger partial charge < -0.3 is 9.47 Å². The van der Waals surface area contributed by atoms with Crippen molar-refractivity contribution in [1.29, 1.82) is 5.26 Å². The normalized spacial score (nSPS) is 10.8. The van der Waals surface area contributed by atoms with E-state index in [2.05, 4.69) is 4.98 Å². The lowest BCUT2D eigenvalue weighted by Gasteiger charge is -2.12. The van der Waals surface area contributed by atoms with E-state index in [-0.39, 0.29) is 22.8 Å². The van der Waals surface area contributed by atoms with Crippen molar-refractivity contribution >= 4 is 38.5 Å². The van der Waals surface area contributed by atoms with E-state index in [1.54, 1.807) is 31.2 Å².